The van der Waals surface area contributed by atoms with Gasteiger partial charge in [-0.1, -0.05) is 25.0 Å². The first kappa shape index (κ1) is 16.8. The van der Waals surface area contributed by atoms with Crippen LogP contribution in [0.2, 0.25) is 0 Å². The van der Waals surface area contributed by atoms with Crippen LogP contribution in [0.4, 0.5) is 4.79 Å². The van der Waals surface area contributed by atoms with Gasteiger partial charge in [0.05, 0.1) is 12.0 Å². The molecule has 0 aromatic heterocycles. The van der Waals surface area contributed by atoms with E-state index in [1.54, 1.807) is 24.3 Å². The van der Waals surface area contributed by atoms with Crippen molar-refractivity contribution in [2.24, 2.45) is 0 Å². The summed E-state index contributed by atoms with van der Waals surface area (Å²) in [5, 5.41) is 2.58. The lowest BCUT2D eigenvalue weighted by atomic mass is 10.1. The second kappa shape index (κ2) is 7.60. The molecule has 0 unspecified atom stereocenters. The third-order valence-electron chi connectivity index (χ3n) is 3.78. The van der Waals surface area contributed by atoms with Gasteiger partial charge < -0.3 is 10.1 Å². The van der Waals surface area contributed by atoms with Crippen LogP contribution in [0.15, 0.2) is 29.2 Å². The Morgan fingerprint density at radius 1 is 1.23 bits per heavy atom. The van der Waals surface area contributed by atoms with E-state index in [0.717, 1.165) is 31.2 Å². The lowest BCUT2D eigenvalue weighted by molar-refractivity contribution is 0.171. The molecule has 122 valence electrons. The largest absolute Gasteiger partial charge is 0.453 e. The van der Waals surface area contributed by atoms with Crippen molar-refractivity contribution in [2.45, 2.75) is 43.0 Å². The molecular formula is C15H22N2O4S. The minimum atomic E-state index is -3.44. The number of ether oxygens (including phenoxy) is 1. The zero-order chi connectivity index (χ0) is 16.0. The zero-order valence-electron chi connectivity index (χ0n) is 12.7. The van der Waals surface area contributed by atoms with Crippen molar-refractivity contribution in [3.05, 3.63) is 29.8 Å². The number of hydrogen-bond donors (Lipinski definition) is 2. The summed E-state index contributed by atoms with van der Waals surface area (Å²) in [5.41, 5.74) is 0.955. The molecule has 1 aliphatic carbocycles. The summed E-state index contributed by atoms with van der Waals surface area (Å²) in [4.78, 5) is 11.2. The number of amides is 1. The van der Waals surface area contributed by atoms with Gasteiger partial charge in [-0.3, -0.25) is 0 Å². The van der Waals surface area contributed by atoms with Crippen LogP contribution < -0.4 is 10.0 Å². The third kappa shape index (κ3) is 4.71. The molecule has 2 N–H and O–H groups in total. The highest BCUT2D eigenvalue weighted by Crippen LogP contribution is 2.20. The van der Waals surface area contributed by atoms with Crippen molar-refractivity contribution < 1.29 is 17.9 Å². The van der Waals surface area contributed by atoms with Gasteiger partial charge in [-0.25, -0.2) is 17.9 Å². The van der Waals surface area contributed by atoms with Gasteiger partial charge in [-0.05, 0) is 37.0 Å². The molecule has 1 aromatic carbocycles. The Hall–Kier alpha value is -1.60. The normalized spacial score (nSPS) is 15.7. The first-order valence-electron chi connectivity index (χ1n) is 7.44. The van der Waals surface area contributed by atoms with Crippen LogP contribution in [0.25, 0.3) is 0 Å². The molecule has 0 spiro atoms. The number of hydrogen-bond acceptors (Lipinski definition) is 4. The third-order valence-corrected chi connectivity index (χ3v) is 5.32. The topological polar surface area (TPSA) is 84.5 Å². The van der Waals surface area contributed by atoms with E-state index in [1.807, 2.05) is 0 Å². The average Bonchev–Trinajstić information content (AvgIpc) is 2.99. The number of nitrogens with one attached hydrogen (secondary N) is 2. The van der Waals surface area contributed by atoms with Crippen molar-refractivity contribution in [3.8, 4) is 0 Å². The van der Waals surface area contributed by atoms with E-state index in [9.17, 15) is 13.2 Å². The number of rotatable bonds is 6. The van der Waals surface area contributed by atoms with Crippen LogP contribution in [-0.2, 0) is 21.2 Å². The SMILES string of the molecule is COC(=O)NCCc1ccc(S(=O)(=O)NC2CCCC2)cc1. The Bertz CT molecular complexity index is 592. The van der Waals surface area contributed by atoms with E-state index in [4.69, 9.17) is 0 Å². The summed E-state index contributed by atoms with van der Waals surface area (Å²) in [6.07, 6.45) is 4.14. The number of carbonyl (C=O) groups excluding carboxylic acids is 1. The first-order valence-corrected chi connectivity index (χ1v) is 8.92. The Morgan fingerprint density at radius 3 is 2.45 bits per heavy atom. The quantitative estimate of drug-likeness (QED) is 0.835. The molecule has 0 heterocycles. The minimum Gasteiger partial charge on any atom is -0.453 e. The predicted octanol–water partition coefficient (Wildman–Crippen LogP) is 1.81. The van der Waals surface area contributed by atoms with Gasteiger partial charge in [0.15, 0.2) is 0 Å². The van der Waals surface area contributed by atoms with E-state index in [1.165, 1.54) is 7.11 Å². The second-order valence-electron chi connectivity index (χ2n) is 5.41. The van der Waals surface area contributed by atoms with Crippen molar-refractivity contribution in [1.29, 1.82) is 0 Å². The zero-order valence-corrected chi connectivity index (χ0v) is 13.5. The molecule has 7 heteroatoms. The monoisotopic (exact) mass is 326 g/mol. The summed E-state index contributed by atoms with van der Waals surface area (Å²) in [6, 6.07) is 6.80. The van der Waals surface area contributed by atoms with Gasteiger partial charge >= 0.3 is 6.09 Å². The molecule has 22 heavy (non-hydrogen) atoms. The molecule has 1 amide bonds. The first-order chi connectivity index (χ1) is 10.5. The highest BCUT2D eigenvalue weighted by Gasteiger charge is 2.22. The van der Waals surface area contributed by atoms with Crippen LogP contribution >= 0.6 is 0 Å². The summed E-state index contributed by atoms with van der Waals surface area (Å²) in [7, 11) is -2.13. The smallest absolute Gasteiger partial charge is 0.406 e. The maximum absolute atomic E-state index is 12.3. The van der Waals surface area contributed by atoms with Crippen LogP contribution in [0.3, 0.4) is 0 Å². The van der Waals surface area contributed by atoms with Gasteiger partial charge in [0.25, 0.3) is 0 Å². The fourth-order valence-corrected chi connectivity index (χ4v) is 3.85. The van der Waals surface area contributed by atoms with Crippen molar-refractivity contribution in [2.75, 3.05) is 13.7 Å². The number of benzene rings is 1. The maximum atomic E-state index is 12.3. The van der Waals surface area contributed by atoms with Crippen molar-refractivity contribution >= 4 is 16.1 Å². The summed E-state index contributed by atoms with van der Waals surface area (Å²) < 4.78 is 31.7. The van der Waals surface area contributed by atoms with Crippen LogP contribution in [0.1, 0.15) is 31.2 Å². The maximum Gasteiger partial charge on any atom is 0.406 e. The van der Waals surface area contributed by atoms with E-state index in [0.29, 0.717) is 13.0 Å². The van der Waals surface area contributed by atoms with Gasteiger partial charge in [0, 0.05) is 12.6 Å². The van der Waals surface area contributed by atoms with Crippen molar-refractivity contribution in [1.82, 2.24) is 10.0 Å². The fraction of sp³-hybridized carbons (Fsp3) is 0.533. The lowest BCUT2D eigenvalue weighted by Crippen LogP contribution is -2.32. The molecule has 0 aliphatic heterocycles. The summed E-state index contributed by atoms with van der Waals surface area (Å²) >= 11 is 0. The van der Waals surface area contributed by atoms with Crippen LogP contribution in [0, 0.1) is 0 Å². The molecule has 1 aliphatic rings. The van der Waals surface area contributed by atoms with Crippen LogP contribution in [0.5, 0.6) is 0 Å². The molecule has 0 radical (unpaired) electrons. The van der Waals surface area contributed by atoms with Gasteiger partial charge in [-0.2, -0.15) is 0 Å². The number of methoxy groups -OCH3 is 1. The molecule has 0 bridgehead atoms. The highest BCUT2D eigenvalue weighted by molar-refractivity contribution is 7.89. The van der Waals surface area contributed by atoms with Gasteiger partial charge in [0.1, 0.15) is 0 Å². The van der Waals surface area contributed by atoms with Gasteiger partial charge in [-0.15, -0.1) is 0 Å². The molecule has 1 aromatic rings. The number of sulfonamides is 1. The summed E-state index contributed by atoms with van der Waals surface area (Å²) in [5.74, 6) is 0. The molecule has 1 fully saturated rings. The number of alkyl carbamates (subject to hydrolysis) is 1. The lowest BCUT2D eigenvalue weighted by Gasteiger charge is -2.12. The molecular weight excluding hydrogens is 304 g/mol. The van der Waals surface area contributed by atoms with E-state index in [-0.39, 0.29) is 10.9 Å². The highest BCUT2D eigenvalue weighted by atomic mass is 32.2. The molecule has 0 atom stereocenters. The van der Waals surface area contributed by atoms with E-state index < -0.39 is 16.1 Å². The number of carbonyl (C=O) groups is 1. The Labute approximate surface area is 131 Å². The Kier molecular flexibility index (Phi) is 5.79. The van der Waals surface area contributed by atoms with Crippen LogP contribution in [-0.4, -0.2) is 34.2 Å². The fourth-order valence-electron chi connectivity index (χ4n) is 2.55. The van der Waals surface area contributed by atoms with Gasteiger partial charge in [0.2, 0.25) is 10.0 Å². The Balaban J connectivity index is 1.91. The predicted molar refractivity (Wildman–Crippen MR) is 83.1 cm³/mol. The molecule has 1 saturated carbocycles. The second-order valence-corrected chi connectivity index (χ2v) is 7.13. The average molecular weight is 326 g/mol. The minimum absolute atomic E-state index is 0.0638. The van der Waals surface area contributed by atoms with E-state index in [2.05, 4.69) is 14.8 Å². The van der Waals surface area contributed by atoms with E-state index >= 15 is 0 Å². The molecule has 2 rings (SSSR count). The Morgan fingerprint density at radius 2 is 1.86 bits per heavy atom. The van der Waals surface area contributed by atoms with Crippen molar-refractivity contribution in [3.63, 3.8) is 0 Å². The molecule has 0 saturated heterocycles. The standard InChI is InChI=1S/C15H22N2O4S/c1-21-15(18)16-11-10-12-6-8-14(9-7-12)22(19,20)17-13-4-2-3-5-13/h6-9,13,17H,2-5,10-11H2,1H3,(H,16,18). The molecule has 6 nitrogen and oxygen atoms in total. The summed E-state index contributed by atoms with van der Waals surface area (Å²) in [6.45, 7) is 0.444.